The number of ether oxygens (including phenoxy) is 1. The van der Waals surface area contributed by atoms with Gasteiger partial charge in [-0.05, 0) is 38.1 Å². The predicted octanol–water partition coefficient (Wildman–Crippen LogP) is 3.94. The quantitative estimate of drug-likeness (QED) is 0.785. The van der Waals surface area contributed by atoms with Gasteiger partial charge in [-0.3, -0.25) is 4.79 Å². The van der Waals surface area contributed by atoms with Crippen LogP contribution in [0, 0.1) is 17.5 Å². The van der Waals surface area contributed by atoms with E-state index in [1.54, 1.807) is 24.3 Å². The molecule has 0 aliphatic heterocycles. The third-order valence-electron chi connectivity index (χ3n) is 3.00. The van der Waals surface area contributed by atoms with Crippen LogP contribution in [0.25, 0.3) is 0 Å². The van der Waals surface area contributed by atoms with Crippen molar-refractivity contribution in [2.24, 2.45) is 0 Å². The summed E-state index contributed by atoms with van der Waals surface area (Å²) < 4.78 is 45.1. The average molecular weight is 338 g/mol. The highest BCUT2D eigenvalue weighted by atomic mass is 19.2. The maximum absolute atomic E-state index is 13.5. The Labute approximate surface area is 137 Å². The van der Waals surface area contributed by atoms with Crippen molar-refractivity contribution in [3.63, 3.8) is 0 Å². The lowest BCUT2D eigenvalue weighted by Gasteiger charge is -2.15. The summed E-state index contributed by atoms with van der Waals surface area (Å²) in [6.07, 6.45) is -0.0718. The summed E-state index contributed by atoms with van der Waals surface area (Å²) in [6, 6.07) is 8.67. The van der Waals surface area contributed by atoms with Crippen LogP contribution in [0.4, 0.5) is 24.5 Å². The number of benzene rings is 2. The molecule has 4 nitrogen and oxygen atoms in total. The second-order valence-electron chi connectivity index (χ2n) is 5.29. The number of carbonyl (C=O) groups is 1. The van der Waals surface area contributed by atoms with Gasteiger partial charge in [-0.25, -0.2) is 13.2 Å². The van der Waals surface area contributed by atoms with Gasteiger partial charge >= 0.3 is 0 Å². The fraction of sp³-hybridized carbons (Fsp3) is 0.235. The lowest BCUT2D eigenvalue weighted by molar-refractivity contribution is -0.114. The standard InChI is InChI=1S/C17H17F3N2O2/c1-10(2)24-14-6-4-3-5-12(14)22-15(23)9-21-13-8-7-11(18)16(19)17(13)20/h3-8,10,21H,9H2,1-2H3,(H,22,23). The second-order valence-corrected chi connectivity index (χ2v) is 5.29. The van der Waals surface area contributed by atoms with E-state index >= 15 is 0 Å². The Bertz CT molecular complexity index is 736. The van der Waals surface area contributed by atoms with Crippen molar-refractivity contribution in [3.05, 3.63) is 53.8 Å². The fourth-order valence-corrected chi connectivity index (χ4v) is 1.96. The van der Waals surface area contributed by atoms with E-state index in [0.29, 0.717) is 11.4 Å². The van der Waals surface area contributed by atoms with Crippen molar-refractivity contribution in [1.82, 2.24) is 0 Å². The van der Waals surface area contributed by atoms with Crippen LogP contribution in [0.1, 0.15) is 13.8 Å². The zero-order chi connectivity index (χ0) is 17.7. The molecule has 0 radical (unpaired) electrons. The molecule has 0 spiro atoms. The van der Waals surface area contributed by atoms with E-state index in [2.05, 4.69) is 10.6 Å². The first kappa shape index (κ1) is 17.7. The SMILES string of the molecule is CC(C)Oc1ccccc1NC(=O)CNc1ccc(F)c(F)c1F. The van der Waals surface area contributed by atoms with Gasteiger partial charge in [-0.2, -0.15) is 0 Å². The molecule has 0 aliphatic carbocycles. The number of halogens is 3. The average Bonchev–Trinajstić information content (AvgIpc) is 2.53. The Morgan fingerprint density at radius 2 is 1.75 bits per heavy atom. The normalized spacial score (nSPS) is 10.6. The maximum Gasteiger partial charge on any atom is 0.243 e. The van der Waals surface area contributed by atoms with Gasteiger partial charge < -0.3 is 15.4 Å². The molecule has 0 atom stereocenters. The smallest absolute Gasteiger partial charge is 0.243 e. The molecule has 128 valence electrons. The van der Waals surface area contributed by atoms with E-state index in [0.717, 1.165) is 12.1 Å². The molecule has 2 N–H and O–H groups in total. The molecule has 0 saturated heterocycles. The van der Waals surface area contributed by atoms with Crippen LogP contribution in [0.5, 0.6) is 5.75 Å². The van der Waals surface area contributed by atoms with E-state index in [1.807, 2.05) is 13.8 Å². The van der Waals surface area contributed by atoms with Crippen LogP contribution in [0.2, 0.25) is 0 Å². The first-order chi connectivity index (χ1) is 11.4. The first-order valence-corrected chi connectivity index (χ1v) is 7.31. The van der Waals surface area contributed by atoms with E-state index in [-0.39, 0.29) is 18.3 Å². The van der Waals surface area contributed by atoms with Gasteiger partial charge in [0, 0.05) is 0 Å². The van der Waals surface area contributed by atoms with Gasteiger partial charge in [0.2, 0.25) is 5.91 Å². The van der Waals surface area contributed by atoms with Crippen LogP contribution < -0.4 is 15.4 Å². The van der Waals surface area contributed by atoms with Crippen LogP contribution in [0.15, 0.2) is 36.4 Å². The van der Waals surface area contributed by atoms with Crippen LogP contribution in [-0.2, 0) is 4.79 Å². The molecular formula is C17H17F3N2O2. The highest BCUT2D eigenvalue weighted by molar-refractivity contribution is 5.95. The Balaban J connectivity index is 2.01. The maximum atomic E-state index is 13.5. The summed E-state index contributed by atoms with van der Waals surface area (Å²) in [5, 5.41) is 5.04. The zero-order valence-electron chi connectivity index (χ0n) is 13.2. The number of hydrogen-bond donors (Lipinski definition) is 2. The molecule has 0 aliphatic rings. The summed E-state index contributed by atoms with van der Waals surface area (Å²) in [6.45, 7) is 3.38. The molecule has 7 heteroatoms. The fourth-order valence-electron chi connectivity index (χ4n) is 1.96. The van der Waals surface area contributed by atoms with Gasteiger partial charge in [0.25, 0.3) is 0 Å². The van der Waals surface area contributed by atoms with Gasteiger partial charge in [0.15, 0.2) is 17.5 Å². The van der Waals surface area contributed by atoms with Crippen molar-refractivity contribution >= 4 is 17.3 Å². The summed E-state index contributed by atoms with van der Waals surface area (Å²) >= 11 is 0. The van der Waals surface area contributed by atoms with Crippen LogP contribution >= 0.6 is 0 Å². The molecule has 2 aromatic rings. The number of rotatable bonds is 6. The number of hydrogen-bond acceptors (Lipinski definition) is 3. The molecule has 0 heterocycles. The summed E-state index contributed by atoms with van der Waals surface area (Å²) in [5.74, 6) is -4.23. The monoisotopic (exact) mass is 338 g/mol. The predicted molar refractivity (Wildman–Crippen MR) is 85.6 cm³/mol. The Morgan fingerprint density at radius 1 is 1.04 bits per heavy atom. The summed E-state index contributed by atoms with van der Waals surface area (Å²) in [7, 11) is 0. The topological polar surface area (TPSA) is 50.4 Å². The summed E-state index contributed by atoms with van der Waals surface area (Å²) in [4.78, 5) is 12.0. The second kappa shape index (κ2) is 7.72. The van der Waals surface area contributed by atoms with Crippen LogP contribution in [0.3, 0.4) is 0 Å². The first-order valence-electron chi connectivity index (χ1n) is 7.31. The molecule has 0 saturated carbocycles. The van der Waals surface area contributed by atoms with Gasteiger partial charge in [-0.15, -0.1) is 0 Å². The van der Waals surface area contributed by atoms with E-state index < -0.39 is 23.4 Å². The Kier molecular flexibility index (Phi) is 5.68. The Hall–Kier alpha value is -2.70. The minimum absolute atomic E-state index is 0.0718. The highest BCUT2D eigenvalue weighted by Crippen LogP contribution is 2.25. The molecule has 0 aromatic heterocycles. The van der Waals surface area contributed by atoms with Crippen molar-refractivity contribution in [2.45, 2.75) is 20.0 Å². The highest BCUT2D eigenvalue weighted by Gasteiger charge is 2.14. The number of carbonyl (C=O) groups excluding carboxylic acids is 1. The number of anilines is 2. The van der Waals surface area contributed by atoms with Gasteiger partial charge in [0.05, 0.1) is 24.0 Å². The lowest BCUT2D eigenvalue weighted by atomic mass is 10.2. The van der Waals surface area contributed by atoms with Crippen molar-refractivity contribution in [1.29, 1.82) is 0 Å². The molecule has 2 rings (SSSR count). The molecule has 0 bridgehead atoms. The molecule has 2 aromatic carbocycles. The zero-order valence-corrected chi connectivity index (χ0v) is 13.2. The minimum atomic E-state index is -1.59. The van der Waals surface area contributed by atoms with E-state index in [4.69, 9.17) is 4.74 Å². The summed E-state index contributed by atoms with van der Waals surface area (Å²) in [5.41, 5.74) is 0.166. The van der Waals surface area contributed by atoms with E-state index in [1.165, 1.54) is 0 Å². The molecule has 24 heavy (non-hydrogen) atoms. The number of para-hydroxylation sites is 2. The molecule has 0 fully saturated rings. The van der Waals surface area contributed by atoms with Crippen molar-refractivity contribution in [2.75, 3.05) is 17.2 Å². The largest absolute Gasteiger partial charge is 0.489 e. The van der Waals surface area contributed by atoms with Gasteiger partial charge in [0.1, 0.15) is 5.75 Å². The Morgan fingerprint density at radius 3 is 2.46 bits per heavy atom. The van der Waals surface area contributed by atoms with E-state index in [9.17, 15) is 18.0 Å². The molecule has 1 amide bonds. The molecule has 0 unspecified atom stereocenters. The van der Waals surface area contributed by atoms with Crippen molar-refractivity contribution < 1.29 is 22.7 Å². The van der Waals surface area contributed by atoms with Crippen LogP contribution in [-0.4, -0.2) is 18.6 Å². The minimum Gasteiger partial charge on any atom is -0.489 e. The number of amides is 1. The third-order valence-corrected chi connectivity index (χ3v) is 3.00. The third kappa shape index (κ3) is 4.41. The molecular weight excluding hydrogens is 321 g/mol. The van der Waals surface area contributed by atoms with Gasteiger partial charge in [-0.1, -0.05) is 12.1 Å². The lowest BCUT2D eigenvalue weighted by Crippen LogP contribution is -2.23. The van der Waals surface area contributed by atoms with Crippen molar-refractivity contribution in [3.8, 4) is 5.75 Å². The number of nitrogens with one attached hydrogen (secondary N) is 2.